The number of aromatic amines is 1. The molecule has 2 aromatic rings. The van der Waals surface area contributed by atoms with Gasteiger partial charge in [-0.25, -0.2) is 0 Å². The highest BCUT2D eigenvalue weighted by atomic mass is 16.3. The van der Waals surface area contributed by atoms with Gasteiger partial charge in [0.15, 0.2) is 0 Å². The standard InChI is InChI=1S/C13H15N3O2/c17-9-1-2-13(18)15-11-5-3-10(4-6-11)12-7-8-14-16-12/h3-8,17H,1-2,9H2,(H,14,16)(H,15,18). The molecule has 0 atom stereocenters. The quantitative estimate of drug-likeness (QED) is 0.751. The predicted octanol–water partition coefficient (Wildman–Crippen LogP) is 1.79. The van der Waals surface area contributed by atoms with E-state index < -0.39 is 0 Å². The molecule has 1 amide bonds. The van der Waals surface area contributed by atoms with Gasteiger partial charge >= 0.3 is 0 Å². The summed E-state index contributed by atoms with van der Waals surface area (Å²) in [5.41, 5.74) is 2.70. The van der Waals surface area contributed by atoms with Gasteiger partial charge in [0.2, 0.25) is 5.91 Å². The van der Waals surface area contributed by atoms with Crippen LogP contribution in [-0.2, 0) is 4.79 Å². The molecule has 0 aliphatic heterocycles. The van der Waals surface area contributed by atoms with Gasteiger partial charge in [0.05, 0.1) is 5.69 Å². The SMILES string of the molecule is O=C(CCCO)Nc1ccc(-c2ccn[nH]2)cc1. The lowest BCUT2D eigenvalue weighted by Crippen LogP contribution is -2.11. The van der Waals surface area contributed by atoms with Crippen molar-refractivity contribution in [1.29, 1.82) is 0 Å². The summed E-state index contributed by atoms with van der Waals surface area (Å²) in [7, 11) is 0. The molecule has 1 aromatic carbocycles. The van der Waals surface area contributed by atoms with Crippen LogP contribution >= 0.6 is 0 Å². The van der Waals surface area contributed by atoms with Crippen molar-refractivity contribution in [2.24, 2.45) is 0 Å². The molecule has 5 nitrogen and oxygen atoms in total. The molecule has 2 rings (SSSR count). The van der Waals surface area contributed by atoms with Crippen LogP contribution in [0, 0.1) is 0 Å². The molecule has 0 saturated heterocycles. The second kappa shape index (κ2) is 5.97. The maximum absolute atomic E-state index is 11.4. The van der Waals surface area contributed by atoms with Crippen LogP contribution in [0.2, 0.25) is 0 Å². The molecule has 0 bridgehead atoms. The summed E-state index contributed by atoms with van der Waals surface area (Å²) < 4.78 is 0. The number of rotatable bonds is 5. The van der Waals surface area contributed by atoms with E-state index in [1.165, 1.54) is 0 Å². The Morgan fingerprint density at radius 1 is 1.28 bits per heavy atom. The maximum atomic E-state index is 11.4. The zero-order chi connectivity index (χ0) is 12.8. The van der Waals surface area contributed by atoms with Crippen molar-refractivity contribution in [1.82, 2.24) is 10.2 Å². The Morgan fingerprint density at radius 3 is 2.67 bits per heavy atom. The molecule has 5 heteroatoms. The van der Waals surface area contributed by atoms with Crippen molar-refractivity contribution in [3.63, 3.8) is 0 Å². The minimum absolute atomic E-state index is 0.0339. The van der Waals surface area contributed by atoms with E-state index in [9.17, 15) is 4.79 Å². The van der Waals surface area contributed by atoms with Crippen LogP contribution in [0.25, 0.3) is 11.3 Å². The van der Waals surface area contributed by atoms with E-state index in [2.05, 4.69) is 15.5 Å². The minimum atomic E-state index is -0.0849. The summed E-state index contributed by atoms with van der Waals surface area (Å²) in [6, 6.07) is 9.39. The van der Waals surface area contributed by atoms with Crippen molar-refractivity contribution >= 4 is 11.6 Å². The van der Waals surface area contributed by atoms with Gasteiger partial charge in [0, 0.05) is 24.9 Å². The first-order chi connectivity index (χ1) is 8.79. The topological polar surface area (TPSA) is 78.0 Å². The smallest absolute Gasteiger partial charge is 0.224 e. The first kappa shape index (κ1) is 12.3. The van der Waals surface area contributed by atoms with Gasteiger partial charge in [-0.05, 0) is 30.2 Å². The van der Waals surface area contributed by atoms with E-state index >= 15 is 0 Å². The first-order valence-electron chi connectivity index (χ1n) is 5.80. The van der Waals surface area contributed by atoms with E-state index in [0.29, 0.717) is 12.8 Å². The van der Waals surface area contributed by atoms with Gasteiger partial charge in [0.25, 0.3) is 0 Å². The molecule has 0 unspecified atom stereocenters. The van der Waals surface area contributed by atoms with Crippen LogP contribution < -0.4 is 5.32 Å². The number of hydrogen-bond donors (Lipinski definition) is 3. The van der Waals surface area contributed by atoms with E-state index in [1.54, 1.807) is 6.20 Å². The van der Waals surface area contributed by atoms with E-state index in [0.717, 1.165) is 16.9 Å². The third kappa shape index (κ3) is 3.18. The third-order valence-corrected chi connectivity index (χ3v) is 2.54. The fraction of sp³-hybridized carbons (Fsp3) is 0.231. The largest absolute Gasteiger partial charge is 0.396 e. The average molecular weight is 245 g/mol. The average Bonchev–Trinajstić information content (AvgIpc) is 2.91. The Balaban J connectivity index is 1.98. The van der Waals surface area contributed by atoms with Crippen molar-refractivity contribution < 1.29 is 9.90 Å². The van der Waals surface area contributed by atoms with Crippen LogP contribution in [0.3, 0.4) is 0 Å². The van der Waals surface area contributed by atoms with E-state index in [1.807, 2.05) is 30.3 Å². The summed E-state index contributed by atoms with van der Waals surface area (Å²) in [5.74, 6) is -0.0849. The fourth-order valence-electron chi connectivity index (χ4n) is 1.61. The number of hydrogen-bond acceptors (Lipinski definition) is 3. The minimum Gasteiger partial charge on any atom is -0.396 e. The van der Waals surface area contributed by atoms with E-state index in [4.69, 9.17) is 5.11 Å². The molecule has 94 valence electrons. The van der Waals surface area contributed by atoms with Crippen molar-refractivity contribution in [3.8, 4) is 11.3 Å². The molecule has 0 spiro atoms. The Hall–Kier alpha value is -2.14. The van der Waals surface area contributed by atoms with E-state index in [-0.39, 0.29) is 12.5 Å². The summed E-state index contributed by atoms with van der Waals surface area (Å²) in [5, 5.41) is 18.2. The molecular formula is C13H15N3O2. The molecule has 0 fully saturated rings. The Morgan fingerprint density at radius 2 is 2.06 bits per heavy atom. The second-order valence-corrected chi connectivity index (χ2v) is 3.92. The number of carbonyl (C=O) groups is 1. The summed E-state index contributed by atoms with van der Waals surface area (Å²) in [6.45, 7) is 0.0339. The van der Waals surface area contributed by atoms with Crippen LogP contribution in [-0.4, -0.2) is 27.8 Å². The Bertz CT molecular complexity index is 491. The third-order valence-electron chi connectivity index (χ3n) is 2.54. The lowest BCUT2D eigenvalue weighted by atomic mass is 10.1. The molecule has 0 aliphatic rings. The summed E-state index contributed by atoms with van der Waals surface area (Å²) >= 11 is 0. The molecule has 0 radical (unpaired) electrons. The lowest BCUT2D eigenvalue weighted by Gasteiger charge is -2.05. The zero-order valence-electron chi connectivity index (χ0n) is 9.89. The lowest BCUT2D eigenvalue weighted by molar-refractivity contribution is -0.116. The van der Waals surface area contributed by atoms with Gasteiger partial charge in [-0.3, -0.25) is 9.89 Å². The number of carbonyl (C=O) groups excluding carboxylic acids is 1. The van der Waals surface area contributed by atoms with Gasteiger partial charge in [-0.15, -0.1) is 0 Å². The molecule has 18 heavy (non-hydrogen) atoms. The molecule has 3 N–H and O–H groups in total. The summed E-state index contributed by atoms with van der Waals surface area (Å²) in [4.78, 5) is 11.4. The molecule has 0 aliphatic carbocycles. The number of aromatic nitrogens is 2. The number of amides is 1. The zero-order valence-corrected chi connectivity index (χ0v) is 9.89. The van der Waals surface area contributed by atoms with Gasteiger partial charge in [0.1, 0.15) is 0 Å². The van der Waals surface area contributed by atoms with Gasteiger partial charge in [-0.1, -0.05) is 12.1 Å². The normalized spacial score (nSPS) is 10.3. The van der Waals surface area contributed by atoms with Crippen LogP contribution in [0.5, 0.6) is 0 Å². The number of aliphatic hydroxyl groups is 1. The van der Waals surface area contributed by atoms with Crippen molar-refractivity contribution in [2.45, 2.75) is 12.8 Å². The monoisotopic (exact) mass is 245 g/mol. The Labute approximate surface area is 105 Å². The molecule has 0 saturated carbocycles. The first-order valence-corrected chi connectivity index (χ1v) is 5.80. The second-order valence-electron chi connectivity index (χ2n) is 3.92. The molecule has 1 heterocycles. The van der Waals surface area contributed by atoms with Crippen LogP contribution in [0.1, 0.15) is 12.8 Å². The predicted molar refractivity (Wildman–Crippen MR) is 69.0 cm³/mol. The Kier molecular flexibility index (Phi) is 4.09. The highest BCUT2D eigenvalue weighted by molar-refractivity contribution is 5.90. The summed E-state index contributed by atoms with van der Waals surface area (Å²) in [6.07, 6.45) is 2.51. The van der Waals surface area contributed by atoms with Gasteiger partial charge < -0.3 is 10.4 Å². The van der Waals surface area contributed by atoms with Crippen molar-refractivity contribution in [3.05, 3.63) is 36.5 Å². The number of nitrogens with zero attached hydrogens (tertiary/aromatic N) is 1. The number of aliphatic hydroxyl groups excluding tert-OH is 1. The fourth-order valence-corrected chi connectivity index (χ4v) is 1.61. The number of nitrogens with one attached hydrogen (secondary N) is 2. The highest BCUT2D eigenvalue weighted by Gasteiger charge is 2.03. The number of benzene rings is 1. The molecule has 1 aromatic heterocycles. The highest BCUT2D eigenvalue weighted by Crippen LogP contribution is 2.18. The van der Waals surface area contributed by atoms with Gasteiger partial charge in [-0.2, -0.15) is 5.10 Å². The van der Waals surface area contributed by atoms with Crippen LogP contribution in [0.4, 0.5) is 5.69 Å². The maximum Gasteiger partial charge on any atom is 0.224 e. The molecular weight excluding hydrogens is 230 g/mol. The number of anilines is 1. The van der Waals surface area contributed by atoms with Crippen LogP contribution in [0.15, 0.2) is 36.5 Å². The number of H-pyrrole nitrogens is 1. The van der Waals surface area contributed by atoms with Crippen molar-refractivity contribution in [2.75, 3.05) is 11.9 Å².